The maximum atomic E-state index is 13.3. The van der Waals surface area contributed by atoms with Gasteiger partial charge in [0.05, 0.1) is 37.0 Å². The third kappa shape index (κ3) is 4.00. The van der Waals surface area contributed by atoms with Gasteiger partial charge in [0, 0.05) is 43.8 Å². The number of nitrogens with one attached hydrogen (secondary N) is 2. The average molecular weight is 466 g/mol. The third-order valence-electron chi connectivity index (χ3n) is 6.53. The second-order valence-electron chi connectivity index (χ2n) is 8.58. The molecule has 1 fully saturated rings. The summed E-state index contributed by atoms with van der Waals surface area (Å²) in [6, 6.07) is 8.68. The molecule has 178 valence electrons. The van der Waals surface area contributed by atoms with Crippen molar-refractivity contribution >= 4 is 22.9 Å². The second kappa shape index (κ2) is 8.85. The van der Waals surface area contributed by atoms with Crippen molar-refractivity contribution in [1.29, 1.82) is 0 Å². The molecule has 0 aliphatic carbocycles. The number of carbonyl (C=O) groups is 2. The number of aromatic nitrogens is 3. The molecule has 0 bridgehead atoms. The van der Waals surface area contributed by atoms with Crippen LogP contribution in [0, 0.1) is 0 Å². The van der Waals surface area contributed by atoms with E-state index in [4.69, 9.17) is 14.2 Å². The molecule has 2 aliphatic heterocycles. The SMILES string of the molecule is CCOC(=O)N1CCC2(CC1)C[C@H](NC(=O)c1cccc3cn[nH]c13)c1nc(OC)ccc1O2. The van der Waals surface area contributed by atoms with E-state index in [9.17, 15) is 9.59 Å². The zero-order chi connectivity index (χ0) is 23.7. The van der Waals surface area contributed by atoms with Crippen LogP contribution in [-0.4, -0.2) is 64.5 Å². The fourth-order valence-corrected chi connectivity index (χ4v) is 4.77. The van der Waals surface area contributed by atoms with Gasteiger partial charge in [-0.05, 0) is 19.1 Å². The number of ether oxygens (including phenoxy) is 3. The van der Waals surface area contributed by atoms with E-state index in [2.05, 4.69) is 20.5 Å². The number of likely N-dealkylation sites (tertiary alicyclic amines) is 1. The Balaban J connectivity index is 1.42. The van der Waals surface area contributed by atoms with Crippen molar-refractivity contribution in [2.24, 2.45) is 0 Å². The number of hydrogen-bond acceptors (Lipinski definition) is 7. The predicted octanol–water partition coefficient (Wildman–Crippen LogP) is 3.21. The fraction of sp³-hybridized carbons (Fsp3) is 0.417. The Bertz CT molecular complexity index is 1220. The number of para-hydroxylation sites is 1. The molecule has 0 saturated carbocycles. The molecule has 1 spiro atoms. The van der Waals surface area contributed by atoms with E-state index in [1.807, 2.05) is 18.2 Å². The third-order valence-corrected chi connectivity index (χ3v) is 6.53. The molecular weight excluding hydrogens is 438 g/mol. The van der Waals surface area contributed by atoms with E-state index >= 15 is 0 Å². The monoisotopic (exact) mass is 465 g/mol. The molecule has 2 aliphatic rings. The largest absolute Gasteiger partial charge is 0.485 e. The molecule has 0 radical (unpaired) electrons. The van der Waals surface area contributed by atoms with Gasteiger partial charge in [0.25, 0.3) is 5.91 Å². The Morgan fingerprint density at radius 3 is 2.85 bits per heavy atom. The molecule has 3 aromatic rings. The lowest BCUT2D eigenvalue weighted by Crippen LogP contribution is -2.53. The maximum Gasteiger partial charge on any atom is 0.409 e. The second-order valence-corrected chi connectivity index (χ2v) is 8.58. The van der Waals surface area contributed by atoms with Crippen molar-refractivity contribution in [1.82, 2.24) is 25.4 Å². The lowest BCUT2D eigenvalue weighted by Gasteiger charge is -2.46. The first-order chi connectivity index (χ1) is 16.5. The lowest BCUT2D eigenvalue weighted by atomic mass is 9.81. The van der Waals surface area contributed by atoms with Crippen molar-refractivity contribution in [2.75, 3.05) is 26.8 Å². The highest BCUT2D eigenvalue weighted by Crippen LogP contribution is 2.44. The van der Waals surface area contributed by atoms with Gasteiger partial charge in [-0.1, -0.05) is 12.1 Å². The number of aromatic amines is 1. The Morgan fingerprint density at radius 2 is 2.09 bits per heavy atom. The summed E-state index contributed by atoms with van der Waals surface area (Å²) >= 11 is 0. The van der Waals surface area contributed by atoms with Crippen LogP contribution in [0.4, 0.5) is 4.79 Å². The van der Waals surface area contributed by atoms with E-state index in [1.54, 1.807) is 37.3 Å². The highest BCUT2D eigenvalue weighted by atomic mass is 16.6. The molecule has 2 amide bonds. The highest BCUT2D eigenvalue weighted by Gasteiger charge is 2.45. The van der Waals surface area contributed by atoms with Crippen molar-refractivity contribution in [3.05, 3.63) is 47.8 Å². The van der Waals surface area contributed by atoms with Gasteiger partial charge in [0.2, 0.25) is 5.88 Å². The zero-order valence-electron chi connectivity index (χ0n) is 19.2. The van der Waals surface area contributed by atoms with Crippen LogP contribution in [-0.2, 0) is 4.74 Å². The Hall–Kier alpha value is -3.82. The minimum atomic E-state index is -0.524. The van der Waals surface area contributed by atoms with Crippen molar-refractivity contribution in [2.45, 2.75) is 37.8 Å². The van der Waals surface area contributed by atoms with Crippen molar-refractivity contribution < 1.29 is 23.8 Å². The lowest BCUT2D eigenvalue weighted by molar-refractivity contribution is -0.0246. The van der Waals surface area contributed by atoms with Gasteiger partial charge in [0.1, 0.15) is 17.0 Å². The number of rotatable bonds is 4. The Morgan fingerprint density at radius 1 is 1.26 bits per heavy atom. The first-order valence-electron chi connectivity index (χ1n) is 11.4. The molecule has 1 aromatic carbocycles. The molecule has 5 rings (SSSR count). The number of H-pyrrole nitrogens is 1. The summed E-state index contributed by atoms with van der Waals surface area (Å²) in [5.74, 6) is 0.837. The van der Waals surface area contributed by atoms with E-state index in [1.165, 1.54) is 0 Å². The van der Waals surface area contributed by atoms with E-state index in [-0.39, 0.29) is 12.0 Å². The van der Waals surface area contributed by atoms with Gasteiger partial charge in [-0.2, -0.15) is 5.10 Å². The molecule has 10 heteroatoms. The Labute approximate surface area is 196 Å². The van der Waals surface area contributed by atoms with E-state index in [0.717, 1.165) is 5.39 Å². The summed E-state index contributed by atoms with van der Waals surface area (Å²) in [5, 5.41) is 11.0. The van der Waals surface area contributed by atoms with Gasteiger partial charge in [-0.15, -0.1) is 0 Å². The molecular formula is C24H27N5O5. The first kappa shape index (κ1) is 22.0. The number of carbonyl (C=O) groups excluding carboxylic acids is 2. The number of methoxy groups -OCH3 is 1. The summed E-state index contributed by atoms with van der Waals surface area (Å²) in [6.45, 7) is 3.18. The Kier molecular flexibility index (Phi) is 5.72. The first-order valence-corrected chi connectivity index (χ1v) is 11.4. The molecule has 0 unspecified atom stereocenters. The number of piperidine rings is 1. The average Bonchev–Trinajstić information content (AvgIpc) is 3.33. The molecule has 1 saturated heterocycles. The minimum Gasteiger partial charge on any atom is -0.485 e. The van der Waals surface area contributed by atoms with Crippen LogP contribution in [0.1, 0.15) is 48.3 Å². The highest BCUT2D eigenvalue weighted by molar-refractivity contribution is 6.05. The molecule has 10 nitrogen and oxygen atoms in total. The molecule has 2 N–H and O–H groups in total. The number of amides is 2. The normalized spacial score (nSPS) is 18.8. The summed E-state index contributed by atoms with van der Waals surface area (Å²) < 4.78 is 16.9. The van der Waals surface area contributed by atoms with Gasteiger partial charge in [-0.3, -0.25) is 9.89 Å². The van der Waals surface area contributed by atoms with E-state index in [0.29, 0.717) is 67.4 Å². The number of benzene rings is 1. The number of fused-ring (bicyclic) bond motifs is 2. The summed E-state index contributed by atoms with van der Waals surface area (Å²) in [4.78, 5) is 31.8. The number of hydrogen-bond donors (Lipinski definition) is 2. The summed E-state index contributed by atoms with van der Waals surface area (Å²) in [5.41, 5.74) is 1.30. The van der Waals surface area contributed by atoms with Crippen LogP contribution in [0.25, 0.3) is 10.9 Å². The molecule has 34 heavy (non-hydrogen) atoms. The summed E-state index contributed by atoms with van der Waals surface area (Å²) in [6.07, 6.45) is 3.16. The summed E-state index contributed by atoms with van der Waals surface area (Å²) in [7, 11) is 1.55. The quantitative estimate of drug-likeness (QED) is 0.607. The zero-order valence-corrected chi connectivity index (χ0v) is 19.2. The van der Waals surface area contributed by atoms with Crippen LogP contribution < -0.4 is 14.8 Å². The van der Waals surface area contributed by atoms with Gasteiger partial charge in [-0.25, -0.2) is 9.78 Å². The topological polar surface area (TPSA) is 119 Å². The molecule has 1 atom stereocenters. The smallest absolute Gasteiger partial charge is 0.409 e. The van der Waals surface area contributed by atoms with Crippen LogP contribution >= 0.6 is 0 Å². The van der Waals surface area contributed by atoms with E-state index < -0.39 is 11.6 Å². The van der Waals surface area contributed by atoms with Crippen LogP contribution in [0.15, 0.2) is 36.5 Å². The van der Waals surface area contributed by atoms with Crippen molar-refractivity contribution in [3.8, 4) is 11.6 Å². The fourth-order valence-electron chi connectivity index (χ4n) is 4.77. The predicted molar refractivity (Wildman–Crippen MR) is 123 cm³/mol. The van der Waals surface area contributed by atoms with Crippen LogP contribution in [0.3, 0.4) is 0 Å². The van der Waals surface area contributed by atoms with Crippen LogP contribution in [0.5, 0.6) is 11.6 Å². The number of nitrogens with zero attached hydrogens (tertiary/aromatic N) is 3. The minimum absolute atomic E-state index is 0.226. The van der Waals surface area contributed by atoms with Gasteiger partial charge >= 0.3 is 6.09 Å². The molecule has 4 heterocycles. The molecule has 2 aromatic heterocycles. The van der Waals surface area contributed by atoms with Crippen LogP contribution in [0.2, 0.25) is 0 Å². The van der Waals surface area contributed by atoms with Gasteiger partial charge in [0.15, 0.2) is 0 Å². The number of pyridine rings is 1. The van der Waals surface area contributed by atoms with Gasteiger partial charge < -0.3 is 24.4 Å². The standard InChI is InChI=1S/C24H27N5O5/c1-3-33-23(31)29-11-9-24(10-12-29)13-17(21-18(34-24)7-8-19(27-21)32-2)26-22(30)16-6-4-5-15-14-25-28-20(15)16/h4-8,14,17H,3,9-13H2,1-2H3,(H,25,28)(H,26,30)/t17-/m0/s1. The maximum absolute atomic E-state index is 13.3. The van der Waals surface area contributed by atoms with Crippen molar-refractivity contribution in [3.63, 3.8) is 0 Å².